The van der Waals surface area contributed by atoms with Crippen molar-refractivity contribution in [3.05, 3.63) is 65.7 Å². The van der Waals surface area contributed by atoms with Gasteiger partial charge in [-0.2, -0.15) is 13.2 Å². The maximum absolute atomic E-state index is 13.1. The molecule has 0 aliphatic heterocycles. The Labute approximate surface area is 153 Å². The van der Waals surface area contributed by atoms with Gasteiger partial charge in [-0.1, -0.05) is 0 Å². The summed E-state index contributed by atoms with van der Waals surface area (Å²) in [5.74, 6) is 1.13. The molecular formula is C19H15F3N4O. The number of hydrogen-bond acceptors (Lipinski definition) is 5. The molecule has 2 atom stereocenters. The van der Waals surface area contributed by atoms with Crippen molar-refractivity contribution in [3.63, 3.8) is 0 Å². The second-order valence-corrected chi connectivity index (χ2v) is 6.35. The number of halogens is 3. The summed E-state index contributed by atoms with van der Waals surface area (Å²) in [5.41, 5.74) is 0.800. The van der Waals surface area contributed by atoms with Crippen LogP contribution >= 0.6 is 0 Å². The van der Waals surface area contributed by atoms with Crippen LogP contribution in [0.4, 0.5) is 13.2 Å². The predicted octanol–water partition coefficient (Wildman–Crippen LogP) is 4.23. The van der Waals surface area contributed by atoms with Crippen LogP contribution in [0.2, 0.25) is 0 Å². The Hall–Kier alpha value is -3.03. The number of ether oxygens (including phenoxy) is 1. The van der Waals surface area contributed by atoms with Crippen LogP contribution in [0.5, 0.6) is 5.75 Å². The van der Waals surface area contributed by atoms with Gasteiger partial charge in [0.15, 0.2) is 11.6 Å². The lowest BCUT2D eigenvalue weighted by atomic mass is 10.0. The van der Waals surface area contributed by atoms with Crippen molar-refractivity contribution in [3.8, 4) is 17.4 Å². The van der Waals surface area contributed by atoms with E-state index in [9.17, 15) is 13.2 Å². The molecule has 1 aliphatic rings. The third kappa shape index (κ3) is 3.60. The first-order chi connectivity index (χ1) is 13.0. The zero-order chi connectivity index (χ0) is 19.0. The first-order valence-electron chi connectivity index (χ1n) is 8.31. The quantitative estimate of drug-likeness (QED) is 0.686. The Bertz CT molecular complexity index is 945. The van der Waals surface area contributed by atoms with E-state index >= 15 is 0 Å². The van der Waals surface area contributed by atoms with Gasteiger partial charge in [-0.15, -0.1) is 0 Å². The Balaban J connectivity index is 1.56. The molecule has 0 radical (unpaired) electrons. The minimum absolute atomic E-state index is 0.0105. The van der Waals surface area contributed by atoms with Gasteiger partial charge in [0.1, 0.15) is 5.75 Å². The number of aromatic nitrogens is 4. The van der Waals surface area contributed by atoms with Gasteiger partial charge in [0.2, 0.25) is 0 Å². The van der Waals surface area contributed by atoms with Crippen LogP contribution in [-0.2, 0) is 6.18 Å². The minimum atomic E-state index is -4.41. The Morgan fingerprint density at radius 1 is 0.889 bits per heavy atom. The topological polar surface area (TPSA) is 60.8 Å². The van der Waals surface area contributed by atoms with E-state index in [0.29, 0.717) is 17.2 Å². The summed E-state index contributed by atoms with van der Waals surface area (Å²) in [6.45, 7) is 0. The molecule has 27 heavy (non-hydrogen) atoms. The van der Waals surface area contributed by atoms with Crippen LogP contribution in [-0.4, -0.2) is 27.0 Å². The molecule has 0 unspecified atom stereocenters. The van der Waals surface area contributed by atoms with Crippen molar-refractivity contribution in [2.75, 3.05) is 7.11 Å². The molecular weight excluding hydrogens is 357 g/mol. The smallest absolute Gasteiger partial charge is 0.416 e. The molecule has 1 fully saturated rings. The molecule has 0 bridgehead atoms. The molecule has 4 rings (SSSR count). The molecule has 5 nitrogen and oxygen atoms in total. The molecule has 2 heterocycles. The summed E-state index contributed by atoms with van der Waals surface area (Å²) >= 11 is 0. The number of alkyl halides is 3. The summed E-state index contributed by atoms with van der Waals surface area (Å²) in [4.78, 5) is 16.8. The molecule has 0 spiro atoms. The van der Waals surface area contributed by atoms with E-state index in [1.807, 2.05) is 0 Å². The molecule has 2 aromatic heterocycles. The van der Waals surface area contributed by atoms with Crippen LogP contribution in [0, 0.1) is 0 Å². The van der Waals surface area contributed by atoms with Gasteiger partial charge in [0.25, 0.3) is 0 Å². The summed E-state index contributed by atoms with van der Waals surface area (Å²) in [5, 5.41) is 0. The zero-order valence-electron chi connectivity index (χ0n) is 14.3. The zero-order valence-corrected chi connectivity index (χ0v) is 14.3. The van der Waals surface area contributed by atoms with Crippen LogP contribution < -0.4 is 4.74 Å². The summed E-state index contributed by atoms with van der Waals surface area (Å²) in [6, 6.07) is 5.57. The van der Waals surface area contributed by atoms with Gasteiger partial charge in [0.05, 0.1) is 12.7 Å². The monoisotopic (exact) mass is 372 g/mol. The Kier molecular flexibility index (Phi) is 4.25. The van der Waals surface area contributed by atoms with Crippen LogP contribution in [0.25, 0.3) is 11.6 Å². The van der Waals surface area contributed by atoms with Gasteiger partial charge < -0.3 is 4.74 Å². The maximum Gasteiger partial charge on any atom is 0.416 e. The third-order valence-corrected chi connectivity index (χ3v) is 4.58. The molecule has 1 aromatic carbocycles. The van der Waals surface area contributed by atoms with Crippen molar-refractivity contribution in [1.29, 1.82) is 0 Å². The maximum atomic E-state index is 13.1. The molecule has 0 saturated heterocycles. The van der Waals surface area contributed by atoms with Crippen molar-refractivity contribution in [2.45, 2.75) is 24.4 Å². The van der Waals surface area contributed by atoms with E-state index in [-0.39, 0.29) is 17.6 Å². The van der Waals surface area contributed by atoms with E-state index < -0.39 is 11.7 Å². The molecule has 8 heteroatoms. The largest absolute Gasteiger partial charge is 0.497 e. The van der Waals surface area contributed by atoms with Gasteiger partial charge in [-0.3, -0.25) is 0 Å². The fourth-order valence-electron chi connectivity index (χ4n) is 3.11. The lowest BCUT2D eigenvalue weighted by molar-refractivity contribution is -0.137. The average Bonchev–Trinajstić information content (AvgIpc) is 3.49. The predicted molar refractivity (Wildman–Crippen MR) is 91.2 cm³/mol. The highest BCUT2D eigenvalue weighted by Gasteiger charge is 2.41. The number of methoxy groups -OCH3 is 1. The highest BCUT2D eigenvalue weighted by molar-refractivity contribution is 5.45. The van der Waals surface area contributed by atoms with Gasteiger partial charge in [-0.05, 0) is 53.6 Å². The third-order valence-electron chi connectivity index (χ3n) is 4.58. The van der Waals surface area contributed by atoms with E-state index in [0.717, 1.165) is 18.1 Å². The SMILES string of the molecule is COc1cc([C@@H]2C[C@H]2c2cnc(-c3ncccn3)nc2)cc(C(F)(F)F)c1. The van der Waals surface area contributed by atoms with Crippen molar-refractivity contribution < 1.29 is 17.9 Å². The molecule has 3 aromatic rings. The van der Waals surface area contributed by atoms with Crippen LogP contribution in [0.15, 0.2) is 49.1 Å². The summed E-state index contributed by atoms with van der Waals surface area (Å²) in [7, 11) is 1.36. The fraction of sp³-hybridized carbons (Fsp3) is 0.263. The summed E-state index contributed by atoms with van der Waals surface area (Å²) < 4.78 is 44.4. The molecule has 1 aliphatic carbocycles. The van der Waals surface area contributed by atoms with Crippen molar-refractivity contribution >= 4 is 0 Å². The van der Waals surface area contributed by atoms with Gasteiger partial charge in [0, 0.05) is 24.8 Å². The lowest BCUT2D eigenvalue weighted by Crippen LogP contribution is -2.06. The second-order valence-electron chi connectivity index (χ2n) is 6.35. The average molecular weight is 372 g/mol. The summed E-state index contributed by atoms with van der Waals surface area (Å²) in [6.07, 6.45) is 2.93. The number of nitrogens with zero attached hydrogens (tertiary/aromatic N) is 4. The first-order valence-corrected chi connectivity index (χ1v) is 8.31. The Morgan fingerprint density at radius 2 is 1.52 bits per heavy atom. The Morgan fingerprint density at radius 3 is 2.15 bits per heavy atom. The van der Waals surface area contributed by atoms with Crippen LogP contribution in [0.1, 0.15) is 34.9 Å². The van der Waals surface area contributed by atoms with Gasteiger partial charge in [-0.25, -0.2) is 19.9 Å². The first kappa shape index (κ1) is 17.4. The molecule has 1 saturated carbocycles. The molecule has 0 N–H and O–H groups in total. The number of rotatable bonds is 4. The number of hydrogen-bond donors (Lipinski definition) is 0. The second kappa shape index (κ2) is 6.61. The lowest BCUT2D eigenvalue weighted by Gasteiger charge is -2.11. The standard InChI is InChI=1S/C19H15F3N4O/c1-27-14-6-11(5-13(7-14)19(20,21)22)15-8-16(15)12-9-25-18(26-10-12)17-23-3-2-4-24-17/h2-7,9-10,15-16H,8H2,1H3/t15-,16-/m0/s1. The van der Waals surface area contributed by atoms with E-state index in [1.165, 1.54) is 13.2 Å². The van der Waals surface area contributed by atoms with E-state index in [1.54, 1.807) is 36.9 Å². The minimum Gasteiger partial charge on any atom is -0.497 e. The van der Waals surface area contributed by atoms with Gasteiger partial charge >= 0.3 is 6.18 Å². The van der Waals surface area contributed by atoms with E-state index in [2.05, 4.69) is 19.9 Å². The van der Waals surface area contributed by atoms with E-state index in [4.69, 9.17) is 4.74 Å². The normalized spacial score (nSPS) is 19.0. The van der Waals surface area contributed by atoms with Crippen molar-refractivity contribution in [1.82, 2.24) is 19.9 Å². The highest BCUT2D eigenvalue weighted by atomic mass is 19.4. The number of benzene rings is 1. The molecule has 0 amide bonds. The van der Waals surface area contributed by atoms with Crippen molar-refractivity contribution in [2.24, 2.45) is 0 Å². The van der Waals surface area contributed by atoms with Crippen LogP contribution in [0.3, 0.4) is 0 Å². The highest BCUT2D eigenvalue weighted by Crippen LogP contribution is 2.55. The fourth-order valence-corrected chi connectivity index (χ4v) is 3.11. The molecule has 138 valence electrons.